The number of rotatable bonds is 4. The first kappa shape index (κ1) is 13.3. The van der Waals surface area contributed by atoms with Gasteiger partial charge >= 0.3 is 0 Å². The summed E-state index contributed by atoms with van der Waals surface area (Å²) in [5, 5.41) is 3.28. The van der Waals surface area contributed by atoms with E-state index in [0.29, 0.717) is 11.8 Å². The molecule has 0 spiro atoms. The molecular weight excluding hydrogens is 227 g/mol. The fourth-order valence-electron chi connectivity index (χ4n) is 2.59. The third-order valence-corrected chi connectivity index (χ3v) is 3.94. The highest BCUT2D eigenvalue weighted by molar-refractivity contribution is 5.54. The van der Waals surface area contributed by atoms with E-state index < -0.39 is 0 Å². The lowest BCUT2D eigenvalue weighted by atomic mass is 10.0. The molecule has 2 unspecified atom stereocenters. The molecule has 0 aromatic heterocycles. The van der Waals surface area contributed by atoms with Crippen LogP contribution in [0.15, 0.2) is 18.2 Å². The summed E-state index contributed by atoms with van der Waals surface area (Å²) in [6.45, 7) is 10.4. The van der Waals surface area contributed by atoms with E-state index in [1.165, 1.54) is 5.69 Å². The molecule has 2 atom stereocenters. The zero-order valence-corrected chi connectivity index (χ0v) is 11.5. The van der Waals surface area contributed by atoms with E-state index in [2.05, 4.69) is 31.0 Å². The Kier molecular flexibility index (Phi) is 4.23. The lowest BCUT2D eigenvalue weighted by molar-refractivity contribution is 0.494. The van der Waals surface area contributed by atoms with Crippen LogP contribution in [-0.4, -0.2) is 19.6 Å². The van der Waals surface area contributed by atoms with Crippen LogP contribution < -0.4 is 10.2 Å². The summed E-state index contributed by atoms with van der Waals surface area (Å²) < 4.78 is 13.4. The van der Waals surface area contributed by atoms with Crippen molar-refractivity contribution < 1.29 is 4.39 Å². The van der Waals surface area contributed by atoms with Crippen molar-refractivity contribution >= 4 is 5.69 Å². The van der Waals surface area contributed by atoms with Crippen LogP contribution in [0.1, 0.15) is 26.3 Å². The second kappa shape index (κ2) is 5.70. The molecule has 0 bridgehead atoms. The second-order valence-corrected chi connectivity index (χ2v) is 5.41. The number of hydrogen-bond acceptors (Lipinski definition) is 2. The van der Waals surface area contributed by atoms with Gasteiger partial charge in [0.1, 0.15) is 5.82 Å². The molecule has 1 saturated heterocycles. The fraction of sp³-hybridized carbons (Fsp3) is 0.600. The minimum atomic E-state index is -0.146. The molecule has 0 saturated carbocycles. The summed E-state index contributed by atoms with van der Waals surface area (Å²) >= 11 is 0. The smallest absolute Gasteiger partial charge is 0.123 e. The molecular formula is C15H23FN2. The Morgan fingerprint density at radius 3 is 2.56 bits per heavy atom. The molecule has 0 radical (unpaired) electrons. The van der Waals surface area contributed by atoms with Gasteiger partial charge in [0.25, 0.3) is 0 Å². The van der Waals surface area contributed by atoms with E-state index in [-0.39, 0.29) is 5.82 Å². The van der Waals surface area contributed by atoms with E-state index in [1.807, 2.05) is 6.07 Å². The molecule has 18 heavy (non-hydrogen) atoms. The molecule has 0 amide bonds. The molecule has 3 heteroatoms. The monoisotopic (exact) mass is 250 g/mol. The van der Waals surface area contributed by atoms with Crippen LogP contribution in [0, 0.1) is 17.7 Å². The van der Waals surface area contributed by atoms with Gasteiger partial charge in [-0.3, -0.25) is 0 Å². The third kappa shape index (κ3) is 2.83. The number of nitrogens with one attached hydrogen (secondary N) is 1. The van der Waals surface area contributed by atoms with Crippen molar-refractivity contribution in [2.24, 2.45) is 11.8 Å². The van der Waals surface area contributed by atoms with Gasteiger partial charge < -0.3 is 10.2 Å². The number of hydrogen-bond donors (Lipinski definition) is 1. The van der Waals surface area contributed by atoms with E-state index in [4.69, 9.17) is 0 Å². The topological polar surface area (TPSA) is 15.3 Å². The molecule has 1 aliphatic heterocycles. The number of halogens is 1. The molecule has 2 nitrogen and oxygen atoms in total. The summed E-state index contributed by atoms with van der Waals surface area (Å²) in [5.74, 6) is 1.27. The van der Waals surface area contributed by atoms with Gasteiger partial charge in [-0.1, -0.05) is 20.8 Å². The van der Waals surface area contributed by atoms with Crippen LogP contribution in [0.3, 0.4) is 0 Å². The summed E-state index contributed by atoms with van der Waals surface area (Å²) in [7, 11) is 0. The van der Waals surface area contributed by atoms with Crippen LogP contribution in [0.25, 0.3) is 0 Å². The minimum absolute atomic E-state index is 0.146. The fourth-order valence-corrected chi connectivity index (χ4v) is 2.59. The Morgan fingerprint density at radius 1 is 1.28 bits per heavy atom. The summed E-state index contributed by atoms with van der Waals surface area (Å²) in [4.78, 5) is 2.39. The highest BCUT2D eigenvalue weighted by atomic mass is 19.1. The normalized spacial score (nSPS) is 23.7. The first-order valence-electron chi connectivity index (χ1n) is 6.86. The average Bonchev–Trinajstić information content (AvgIpc) is 2.67. The van der Waals surface area contributed by atoms with Crippen LogP contribution in [0.4, 0.5) is 10.1 Å². The lowest BCUT2D eigenvalue weighted by Crippen LogP contribution is -2.23. The van der Waals surface area contributed by atoms with Gasteiger partial charge in [0.05, 0.1) is 0 Å². The molecule has 2 rings (SSSR count). The number of nitrogens with zero attached hydrogens (tertiary/aromatic N) is 1. The average molecular weight is 250 g/mol. The quantitative estimate of drug-likeness (QED) is 0.883. The Labute approximate surface area is 109 Å². The Balaban J connectivity index is 2.21. The van der Waals surface area contributed by atoms with Gasteiger partial charge in [0, 0.05) is 25.3 Å². The van der Waals surface area contributed by atoms with E-state index >= 15 is 0 Å². The highest BCUT2D eigenvalue weighted by Gasteiger charge is 2.27. The van der Waals surface area contributed by atoms with Crippen molar-refractivity contribution in [3.8, 4) is 0 Å². The van der Waals surface area contributed by atoms with E-state index in [9.17, 15) is 4.39 Å². The highest BCUT2D eigenvalue weighted by Crippen LogP contribution is 2.30. The maximum absolute atomic E-state index is 13.4. The zero-order valence-electron chi connectivity index (χ0n) is 11.5. The Bertz CT molecular complexity index is 395. The maximum Gasteiger partial charge on any atom is 0.123 e. The predicted molar refractivity (Wildman–Crippen MR) is 74.3 cm³/mol. The molecule has 1 N–H and O–H groups in total. The number of anilines is 1. The molecule has 1 fully saturated rings. The number of benzene rings is 1. The predicted octanol–water partition coefficient (Wildman–Crippen LogP) is 3.03. The molecule has 1 heterocycles. The van der Waals surface area contributed by atoms with E-state index in [1.54, 1.807) is 12.1 Å². The van der Waals surface area contributed by atoms with Crippen molar-refractivity contribution in [1.29, 1.82) is 0 Å². The summed E-state index contributed by atoms with van der Waals surface area (Å²) in [5.41, 5.74) is 2.26. The Morgan fingerprint density at radius 2 is 1.94 bits per heavy atom. The van der Waals surface area contributed by atoms with Crippen molar-refractivity contribution in [2.75, 3.05) is 24.5 Å². The molecule has 100 valence electrons. The lowest BCUT2D eigenvalue weighted by Gasteiger charge is -2.22. The zero-order chi connectivity index (χ0) is 13.1. The standard InChI is InChI=1S/C15H23FN2/c1-4-17-8-13-7-14(16)5-6-15(13)18-9-11(2)12(3)10-18/h5-7,11-12,17H,4,8-10H2,1-3H3. The first-order chi connectivity index (χ1) is 8.61. The van der Waals surface area contributed by atoms with Gasteiger partial charge in [-0.2, -0.15) is 0 Å². The third-order valence-electron chi connectivity index (χ3n) is 3.94. The van der Waals surface area contributed by atoms with Crippen LogP contribution in [0.2, 0.25) is 0 Å². The van der Waals surface area contributed by atoms with Gasteiger partial charge in [0.15, 0.2) is 0 Å². The van der Waals surface area contributed by atoms with Crippen molar-refractivity contribution in [3.63, 3.8) is 0 Å². The molecule has 1 aliphatic rings. The summed E-state index contributed by atoms with van der Waals surface area (Å²) in [6, 6.07) is 5.15. The van der Waals surface area contributed by atoms with Gasteiger partial charge in [0.2, 0.25) is 0 Å². The van der Waals surface area contributed by atoms with Gasteiger partial charge in [-0.05, 0) is 42.1 Å². The first-order valence-corrected chi connectivity index (χ1v) is 6.86. The maximum atomic E-state index is 13.4. The van der Waals surface area contributed by atoms with Crippen molar-refractivity contribution in [2.45, 2.75) is 27.3 Å². The Hall–Kier alpha value is -1.09. The van der Waals surface area contributed by atoms with E-state index in [0.717, 1.165) is 31.7 Å². The molecule has 0 aliphatic carbocycles. The molecule has 1 aromatic rings. The summed E-state index contributed by atoms with van der Waals surface area (Å²) in [6.07, 6.45) is 0. The SMILES string of the molecule is CCNCc1cc(F)ccc1N1CC(C)C(C)C1. The van der Waals surface area contributed by atoms with Crippen molar-refractivity contribution in [1.82, 2.24) is 5.32 Å². The molecule has 1 aromatic carbocycles. The van der Waals surface area contributed by atoms with Gasteiger partial charge in [-0.15, -0.1) is 0 Å². The van der Waals surface area contributed by atoms with Crippen LogP contribution in [-0.2, 0) is 6.54 Å². The largest absolute Gasteiger partial charge is 0.371 e. The van der Waals surface area contributed by atoms with Crippen LogP contribution in [0.5, 0.6) is 0 Å². The minimum Gasteiger partial charge on any atom is -0.371 e. The second-order valence-electron chi connectivity index (χ2n) is 5.41. The van der Waals surface area contributed by atoms with Gasteiger partial charge in [-0.25, -0.2) is 4.39 Å². The van der Waals surface area contributed by atoms with Crippen molar-refractivity contribution in [3.05, 3.63) is 29.6 Å². The van der Waals surface area contributed by atoms with Crippen LogP contribution >= 0.6 is 0 Å².